The van der Waals surface area contributed by atoms with E-state index in [1.807, 2.05) is 68.8 Å². The summed E-state index contributed by atoms with van der Waals surface area (Å²) >= 11 is 0. The number of aromatic nitrogens is 4. The zero-order chi connectivity index (χ0) is 23.2. The van der Waals surface area contributed by atoms with Crippen LogP contribution in [0.4, 0.5) is 0 Å². The van der Waals surface area contributed by atoms with E-state index in [4.69, 9.17) is 4.98 Å². The standard InChI is InChI=1S/C28H26N4O/c1-28(2,3)22-17-29-16-21(26(22)33)27-31-25-20(11-8-13-24(25)32(27)4)18-9-7-10-19(15-18)23-12-5-6-14-30-23/h5-17H,1-4H3,(H,29,33). The molecule has 2 aromatic carbocycles. The number of rotatable bonds is 3. The summed E-state index contributed by atoms with van der Waals surface area (Å²) < 4.78 is 2.00. The topological polar surface area (TPSA) is 63.6 Å². The lowest BCUT2D eigenvalue weighted by atomic mass is 9.87. The predicted molar refractivity (Wildman–Crippen MR) is 134 cm³/mol. The first-order valence-corrected chi connectivity index (χ1v) is 11.0. The second kappa shape index (κ2) is 7.85. The van der Waals surface area contributed by atoms with E-state index in [9.17, 15) is 4.79 Å². The smallest absolute Gasteiger partial charge is 0.196 e. The molecule has 5 nitrogen and oxygen atoms in total. The van der Waals surface area contributed by atoms with E-state index in [0.717, 1.165) is 39.0 Å². The Hall–Kier alpha value is -3.99. The SMILES string of the molecule is Cn1c(-c2c[nH]cc(C(C)(C)C)c2=O)nc2c(-c3cccc(-c4ccccn4)c3)cccc21. The highest BCUT2D eigenvalue weighted by molar-refractivity contribution is 5.95. The van der Waals surface area contributed by atoms with Crippen LogP contribution in [0.1, 0.15) is 26.3 Å². The van der Waals surface area contributed by atoms with Crippen molar-refractivity contribution in [2.24, 2.45) is 7.05 Å². The summed E-state index contributed by atoms with van der Waals surface area (Å²) in [7, 11) is 1.96. The van der Waals surface area contributed by atoms with Crippen molar-refractivity contribution < 1.29 is 0 Å². The lowest BCUT2D eigenvalue weighted by Crippen LogP contribution is -2.24. The summed E-state index contributed by atoms with van der Waals surface area (Å²) in [5, 5.41) is 0. The minimum Gasteiger partial charge on any atom is -0.366 e. The van der Waals surface area contributed by atoms with E-state index in [1.165, 1.54) is 0 Å². The fraction of sp³-hybridized carbons (Fsp3) is 0.179. The molecule has 164 valence electrons. The number of nitrogens with one attached hydrogen (secondary N) is 1. The Balaban J connectivity index is 1.69. The average Bonchev–Trinajstić information content (AvgIpc) is 3.15. The molecule has 3 heterocycles. The molecule has 0 fully saturated rings. The highest BCUT2D eigenvalue weighted by Crippen LogP contribution is 2.33. The van der Waals surface area contributed by atoms with Gasteiger partial charge in [-0.25, -0.2) is 4.98 Å². The first-order chi connectivity index (χ1) is 15.8. The summed E-state index contributed by atoms with van der Waals surface area (Å²) in [5.41, 5.74) is 6.99. The van der Waals surface area contributed by atoms with Crippen molar-refractivity contribution in [3.8, 4) is 33.8 Å². The van der Waals surface area contributed by atoms with Crippen molar-refractivity contribution in [3.05, 3.63) is 95.0 Å². The van der Waals surface area contributed by atoms with Gasteiger partial charge in [0.25, 0.3) is 0 Å². The third-order valence-corrected chi connectivity index (χ3v) is 6.04. The van der Waals surface area contributed by atoms with Gasteiger partial charge in [-0.1, -0.05) is 57.2 Å². The number of hydrogen-bond acceptors (Lipinski definition) is 3. The lowest BCUT2D eigenvalue weighted by molar-refractivity contribution is 0.583. The van der Waals surface area contributed by atoms with Crippen molar-refractivity contribution in [1.29, 1.82) is 0 Å². The third kappa shape index (κ3) is 3.65. The number of benzene rings is 2. The molecule has 0 bridgehead atoms. The van der Waals surface area contributed by atoms with Crippen molar-refractivity contribution >= 4 is 11.0 Å². The zero-order valence-corrected chi connectivity index (χ0v) is 19.3. The fourth-order valence-electron chi connectivity index (χ4n) is 4.28. The van der Waals surface area contributed by atoms with Gasteiger partial charge in [0, 0.05) is 42.3 Å². The number of fused-ring (bicyclic) bond motifs is 1. The van der Waals surface area contributed by atoms with Gasteiger partial charge in [0.2, 0.25) is 0 Å². The van der Waals surface area contributed by atoms with Gasteiger partial charge in [0.15, 0.2) is 5.43 Å². The van der Waals surface area contributed by atoms with Crippen LogP contribution in [0, 0.1) is 0 Å². The number of aryl methyl sites for hydroxylation is 1. The van der Waals surface area contributed by atoms with Crippen LogP contribution in [0.15, 0.2) is 84.0 Å². The van der Waals surface area contributed by atoms with Crippen LogP contribution < -0.4 is 5.43 Å². The molecule has 33 heavy (non-hydrogen) atoms. The third-order valence-electron chi connectivity index (χ3n) is 6.04. The van der Waals surface area contributed by atoms with E-state index < -0.39 is 0 Å². The molecule has 0 saturated heterocycles. The molecule has 1 N–H and O–H groups in total. The van der Waals surface area contributed by atoms with Crippen LogP contribution >= 0.6 is 0 Å². The van der Waals surface area contributed by atoms with Crippen LogP contribution in [-0.4, -0.2) is 19.5 Å². The molecule has 5 heteroatoms. The summed E-state index contributed by atoms with van der Waals surface area (Å²) in [4.78, 5) is 25.9. The molecule has 0 aliphatic rings. The molecule has 0 aliphatic carbocycles. The summed E-state index contributed by atoms with van der Waals surface area (Å²) in [6, 6.07) is 20.4. The Bertz CT molecular complexity index is 1520. The monoisotopic (exact) mass is 434 g/mol. The highest BCUT2D eigenvalue weighted by Gasteiger charge is 2.22. The molecule has 5 rings (SSSR count). The van der Waals surface area contributed by atoms with Gasteiger partial charge >= 0.3 is 0 Å². The minimum absolute atomic E-state index is 0.0124. The second-order valence-corrected chi connectivity index (χ2v) is 9.33. The van der Waals surface area contributed by atoms with Crippen LogP contribution in [0.3, 0.4) is 0 Å². The van der Waals surface area contributed by atoms with Crippen molar-refractivity contribution in [2.45, 2.75) is 26.2 Å². The normalized spacial score (nSPS) is 11.8. The molecule has 0 atom stereocenters. The quantitative estimate of drug-likeness (QED) is 0.381. The highest BCUT2D eigenvalue weighted by atomic mass is 16.1. The Labute approximate surface area is 192 Å². The molecule has 0 spiro atoms. The van der Waals surface area contributed by atoms with Crippen LogP contribution in [-0.2, 0) is 12.5 Å². The van der Waals surface area contributed by atoms with Crippen molar-refractivity contribution in [1.82, 2.24) is 19.5 Å². The Morgan fingerprint density at radius 3 is 2.42 bits per heavy atom. The number of nitrogens with zero attached hydrogens (tertiary/aromatic N) is 3. The number of para-hydroxylation sites is 1. The predicted octanol–water partition coefficient (Wildman–Crippen LogP) is 5.96. The van der Waals surface area contributed by atoms with Crippen LogP contribution in [0.2, 0.25) is 0 Å². The van der Waals surface area contributed by atoms with E-state index in [0.29, 0.717) is 11.4 Å². The van der Waals surface area contributed by atoms with E-state index in [-0.39, 0.29) is 10.8 Å². The van der Waals surface area contributed by atoms with Crippen LogP contribution in [0.25, 0.3) is 44.8 Å². The molecule has 0 amide bonds. The Morgan fingerprint density at radius 2 is 1.67 bits per heavy atom. The number of pyridine rings is 2. The van der Waals surface area contributed by atoms with Crippen molar-refractivity contribution in [2.75, 3.05) is 0 Å². The fourth-order valence-corrected chi connectivity index (χ4v) is 4.28. The largest absolute Gasteiger partial charge is 0.366 e. The molecular formula is C28H26N4O. The van der Waals surface area contributed by atoms with Crippen LogP contribution in [0.5, 0.6) is 0 Å². The maximum atomic E-state index is 13.3. The molecule has 3 aromatic heterocycles. The molecule has 0 radical (unpaired) electrons. The van der Waals surface area contributed by atoms with Gasteiger partial charge in [-0.05, 0) is 35.2 Å². The first kappa shape index (κ1) is 20.9. The van der Waals surface area contributed by atoms with Gasteiger partial charge < -0.3 is 9.55 Å². The lowest BCUT2D eigenvalue weighted by Gasteiger charge is -2.18. The van der Waals surface area contributed by atoms with Crippen molar-refractivity contribution in [3.63, 3.8) is 0 Å². The number of hydrogen-bond donors (Lipinski definition) is 1. The average molecular weight is 435 g/mol. The minimum atomic E-state index is -0.259. The first-order valence-electron chi connectivity index (χ1n) is 11.0. The van der Waals surface area contributed by atoms with Gasteiger partial charge in [0.1, 0.15) is 5.82 Å². The van der Waals surface area contributed by atoms with Gasteiger partial charge in [0.05, 0.1) is 22.3 Å². The van der Waals surface area contributed by atoms with E-state index >= 15 is 0 Å². The number of H-pyrrole nitrogens is 1. The summed E-state index contributed by atoms with van der Waals surface area (Å²) in [5.74, 6) is 0.658. The maximum Gasteiger partial charge on any atom is 0.196 e. The Morgan fingerprint density at radius 1 is 0.879 bits per heavy atom. The molecular weight excluding hydrogens is 408 g/mol. The molecule has 5 aromatic rings. The zero-order valence-electron chi connectivity index (χ0n) is 19.3. The van der Waals surface area contributed by atoms with E-state index in [2.05, 4.69) is 34.2 Å². The summed E-state index contributed by atoms with van der Waals surface area (Å²) in [6.07, 6.45) is 5.35. The van der Waals surface area contributed by atoms with E-state index in [1.54, 1.807) is 18.6 Å². The molecule has 0 saturated carbocycles. The second-order valence-electron chi connectivity index (χ2n) is 9.33. The number of aromatic amines is 1. The van der Waals surface area contributed by atoms with Gasteiger partial charge in [-0.15, -0.1) is 0 Å². The number of imidazole rings is 1. The van der Waals surface area contributed by atoms with Gasteiger partial charge in [-0.3, -0.25) is 9.78 Å². The maximum absolute atomic E-state index is 13.3. The molecule has 0 aliphatic heterocycles. The molecule has 0 unspecified atom stereocenters. The Kier molecular flexibility index (Phi) is 4.97. The summed E-state index contributed by atoms with van der Waals surface area (Å²) in [6.45, 7) is 6.13. The van der Waals surface area contributed by atoms with Gasteiger partial charge in [-0.2, -0.15) is 0 Å².